The second-order valence-electron chi connectivity index (χ2n) is 4.39. The minimum Gasteiger partial charge on any atom is -0.385 e. The van der Waals surface area contributed by atoms with Crippen molar-refractivity contribution >= 4 is 23.4 Å². The van der Waals surface area contributed by atoms with Gasteiger partial charge in [-0.05, 0) is 43.9 Å². The molecule has 0 bridgehead atoms. The molecule has 0 fully saturated rings. The smallest absolute Gasteiger partial charge is 0.253 e. The van der Waals surface area contributed by atoms with Crippen molar-refractivity contribution in [2.24, 2.45) is 0 Å². The van der Waals surface area contributed by atoms with Gasteiger partial charge in [0, 0.05) is 18.8 Å². The lowest BCUT2D eigenvalue weighted by Gasteiger charge is -2.10. The number of para-hydroxylation sites is 1. The quantitative estimate of drug-likeness (QED) is 0.681. The minimum atomic E-state index is 0.0152. The van der Waals surface area contributed by atoms with Gasteiger partial charge in [0.25, 0.3) is 5.91 Å². The van der Waals surface area contributed by atoms with Gasteiger partial charge in [-0.15, -0.1) is 0 Å². The van der Waals surface area contributed by atoms with E-state index in [9.17, 15) is 4.79 Å². The fourth-order valence-corrected chi connectivity index (χ4v) is 2.36. The SMILES string of the molecule is CCNc1ccccc1C(=O)NCCCCCSC. The summed E-state index contributed by atoms with van der Waals surface area (Å²) in [4.78, 5) is 12.1. The summed E-state index contributed by atoms with van der Waals surface area (Å²) in [6, 6.07) is 7.64. The standard InChI is InChI=1S/C15H24N2OS/c1-3-16-14-10-6-5-9-13(14)15(18)17-11-7-4-8-12-19-2/h5-6,9-10,16H,3-4,7-8,11-12H2,1-2H3,(H,17,18). The van der Waals surface area contributed by atoms with Crippen molar-refractivity contribution < 1.29 is 4.79 Å². The molecule has 0 aliphatic carbocycles. The van der Waals surface area contributed by atoms with Crippen molar-refractivity contribution in [3.05, 3.63) is 29.8 Å². The number of anilines is 1. The van der Waals surface area contributed by atoms with Gasteiger partial charge in [0.2, 0.25) is 0 Å². The van der Waals surface area contributed by atoms with Crippen molar-refractivity contribution in [3.63, 3.8) is 0 Å². The number of hydrogen-bond donors (Lipinski definition) is 2. The van der Waals surface area contributed by atoms with Crippen LogP contribution in [0, 0.1) is 0 Å². The predicted molar refractivity (Wildman–Crippen MR) is 85.2 cm³/mol. The van der Waals surface area contributed by atoms with Gasteiger partial charge in [-0.2, -0.15) is 11.8 Å². The van der Waals surface area contributed by atoms with Gasteiger partial charge < -0.3 is 10.6 Å². The number of benzene rings is 1. The molecule has 1 amide bonds. The van der Waals surface area contributed by atoms with Crippen LogP contribution in [0.15, 0.2) is 24.3 Å². The summed E-state index contributed by atoms with van der Waals surface area (Å²) < 4.78 is 0. The lowest BCUT2D eigenvalue weighted by molar-refractivity contribution is 0.0954. The molecular formula is C15H24N2OS. The number of rotatable bonds is 9. The summed E-state index contributed by atoms with van der Waals surface area (Å²) in [5.41, 5.74) is 1.64. The number of thioether (sulfide) groups is 1. The Bertz CT molecular complexity index is 382. The van der Waals surface area contributed by atoms with Gasteiger partial charge in [-0.3, -0.25) is 4.79 Å². The second-order valence-corrected chi connectivity index (χ2v) is 5.37. The van der Waals surface area contributed by atoms with Crippen LogP contribution < -0.4 is 10.6 Å². The molecule has 0 aliphatic heterocycles. The Morgan fingerprint density at radius 2 is 2.00 bits per heavy atom. The Labute approximate surface area is 120 Å². The molecule has 0 unspecified atom stereocenters. The molecule has 106 valence electrons. The van der Waals surface area contributed by atoms with Crippen LogP contribution >= 0.6 is 11.8 Å². The molecule has 0 radical (unpaired) electrons. The highest BCUT2D eigenvalue weighted by Crippen LogP contribution is 2.14. The summed E-state index contributed by atoms with van der Waals surface area (Å²) >= 11 is 1.87. The van der Waals surface area contributed by atoms with Crippen molar-refractivity contribution in [1.29, 1.82) is 0 Å². The largest absolute Gasteiger partial charge is 0.385 e. The number of hydrogen-bond acceptors (Lipinski definition) is 3. The lowest BCUT2D eigenvalue weighted by atomic mass is 10.1. The highest BCUT2D eigenvalue weighted by molar-refractivity contribution is 7.98. The molecule has 0 saturated heterocycles. The molecule has 0 spiro atoms. The molecule has 3 nitrogen and oxygen atoms in total. The molecule has 1 rings (SSSR count). The van der Waals surface area contributed by atoms with Crippen LogP contribution in [0.25, 0.3) is 0 Å². The molecule has 2 N–H and O–H groups in total. The first-order valence-electron chi connectivity index (χ1n) is 6.89. The average molecular weight is 280 g/mol. The normalized spacial score (nSPS) is 10.2. The van der Waals surface area contributed by atoms with E-state index in [4.69, 9.17) is 0 Å². The lowest BCUT2D eigenvalue weighted by Crippen LogP contribution is -2.25. The van der Waals surface area contributed by atoms with E-state index in [-0.39, 0.29) is 5.91 Å². The van der Waals surface area contributed by atoms with Gasteiger partial charge in [0.1, 0.15) is 0 Å². The zero-order chi connectivity index (χ0) is 13.9. The summed E-state index contributed by atoms with van der Waals surface area (Å²) in [7, 11) is 0. The number of unbranched alkanes of at least 4 members (excludes halogenated alkanes) is 2. The molecule has 4 heteroatoms. The van der Waals surface area contributed by atoms with E-state index in [1.165, 1.54) is 18.6 Å². The Morgan fingerprint density at radius 1 is 1.21 bits per heavy atom. The molecule has 0 heterocycles. The minimum absolute atomic E-state index is 0.0152. The van der Waals surface area contributed by atoms with E-state index in [0.29, 0.717) is 0 Å². The third kappa shape index (κ3) is 6.01. The first kappa shape index (κ1) is 15.9. The van der Waals surface area contributed by atoms with Gasteiger partial charge in [-0.1, -0.05) is 18.6 Å². The van der Waals surface area contributed by atoms with E-state index >= 15 is 0 Å². The Hall–Kier alpha value is -1.16. The number of nitrogens with one attached hydrogen (secondary N) is 2. The molecule has 0 aromatic heterocycles. The third-order valence-electron chi connectivity index (χ3n) is 2.85. The maximum absolute atomic E-state index is 12.1. The van der Waals surface area contributed by atoms with Gasteiger partial charge in [0.15, 0.2) is 0 Å². The summed E-state index contributed by atoms with van der Waals surface area (Å²) in [6.45, 7) is 3.60. The Morgan fingerprint density at radius 3 is 2.74 bits per heavy atom. The topological polar surface area (TPSA) is 41.1 Å². The summed E-state index contributed by atoms with van der Waals surface area (Å²) in [5, 5.41) is 6.20. The maximum atomic E-state index is 12.1. The zero-order valence-corrected chi connectivity index (χ0v) is 12.7. The van der Waals surface area contributed by atoms with Crippen molar-refractivity contribution in [2.75, 3.05) is 30.4 Å². The van der Waals surface area contributed by atoms with Crippen LogP contribution in [0.1, 0.15) is 36.5 Å². The van der Waals surface area contributed by atoms with Crippen LogP contribution in [0.2, 0.25) is 0 Å². The Balaban J connectivity index is 2.36. The number of carbonyl (C=O) groups is 1. The van der Waals surface area contributed by atoms with Crippen LogP contribution in [-0.2, 0) is 0 Å². The molecule has 19 heavy (non-hydrogen) atoms. The van der Waals surface area contributed by atoms with E-state index in [1.54, 1.807) is 0 Å². The highest BCUT2D eigenvalue weighted by Gasteiger charge is 2.09. The van der Waals surface area contributed by atoms with Gasteiger partial charge >= 0.3 is 0 Å². The van der Waals surface area contributed by atoms with E-state index in [1.807, 2.05) is 43.0 Å². The van der Waals surface area contributed by atoms with Crippen LogP contribution in [-0.4, -0.2) is 31.0 Å². The molecule has 0 aliphatic rings. The zero-order valence-electron chi connectivity index (χ0n) is 11.9. The Kier molecular flexibility index (Phi) is 8.14. The first-order chi connectivity index (χ1) is 9.29. The average Bonchev–Trinajstić information content (AvgIpc) is 2.43. The molecular weight excluding hydrogens is 256 g/mol. The molecule has 0 saturated carbocycles. The first-order valence-corrected chi connectivity index (χ1v) is 8.29. The summed E-state index contributed by atoms with van der Waals surface area (Å²) in [5.74, 6) is 1.22. The van der Waals surface area contributed by atoms with Crippen molar-refractivity contribution in [1.82, 2.24) is 5.32 Å². The fourth-order valence-electron chi connectivity index (χ4n) is 1.87. The van der Waals surface area contributed by atoms with E-state index in [2.05, 4.69) is 16.9 Å². The van der Waals surface area contributed by atoms with Gasteiger partial charge in [-0.25, -0.2) is 0 Å². The number of amides is 1. The summed E-state index contributed by atoms with van der Waals surface area (Å²) in [6.07, 6.45) is 5.58. The van der Waals surface area contributed by atoms with Crippen LogP contribution in [0.4, 0.5) is 5.69 Å². The third-order valence-corrected chi connectivity index (χ3v) is 3.55. The van der Waals surface area contributed by atoms with Crippen molar-refractivity contribution in [2.45, 2.75) is 26.2 Å². The second kappa shape index (κ2) is 9.73. The fraction of sp³-hybridized carbons (Fsp3) is 0.533. The van der Waals surface area contributed by atoms with Crippen molar-refractivity contribution in [3.8, 4) is 0 Å². The van der Waals surface area contributed by atoms with Gasteiger partial charge in [0.05, 0.1) is 5.56 Å². The molecule has 1 aromatic carbocycles. The number of carbonyl (C=O) groups excluding carboxylic acids is 1. The monoisotopic (exact) mass is 280 g/mol. The predicted octanol–water partition coefficient (Wildman–Crippen LogP) is 3.38. The van der Waals surface area contributed by atoms with E-state index in [0.717, 1.165) is 30.8 Å². The molecule has 1 aromatic rings. The molecule has 0 atom stereocenters. The van der Waals surface area contributed by atoms with Crippen LogP contribution in [0.5, 0.6) is 0 Å². The highest BCUT2D eigenvalue weighted by atomic mass is 32.2. The van der Waals surface area contributed by atoms with Crippen LogP contribution in [0.3, 0.4) is 0 Å². The van der Waals surface area contributed by atoms with E-state index < -0.39 is 0 Å². The maximum Gasteiger partial charge on any atom is 0.253 e.